The van der Waals surface area contributed by atoms with Crippen LogP contribution in [0.4, 0.5) is 17.5 Å². The standard InChI is InChI=1S/C15H19ClN4O/c1-3-7-17-15-18-9-13(16)14(20-15)19-12-6-4-5-11(8-12)10-21-2/h4-6,8-9H,3,7,10H2,1-2H3,(H2,17,18,19,20). The summed E-state index contributed by atoms with van der Waals surface area (Å²) >= 11 is 6.14. The molecule has 0 aliphatic heterocycles. The van der Waals surface area contributed by atoms with Crippen LogP contribution in [0.2, 0.25) is 5.02 Å². The number of hydrogen-bond donors (Lipinski definition) is 2. The normalized spacial score (nSPS) is 10.4. The van der Waals surface area contributed by atoms with E-state index in [0.29, 0.717) is 23.4 Å². The average Bonchev–Trinajstić information content (AvgIpc) is 2.49. The summed E-state index contributed by atoms with van der Waals surface area (Å²) < 4.78 is 5.13. The van der Waals surface area contributed by atoms with Crippen molar-refractivity contribution in [1.82, 2.24) is 9.97 Å². The molecule has 0 bridgehead atoms. The van der Waals surface area contributed by atoms with Crippen LogP contribution in [0, 0.1) is 0 Å². The Labute approximate surface area is 129 Å². The zero-order valence-corrected chi connectivity index (χ0v) is 12.9. The second-order valence-corrected chi connectivity index (χ2v) is 4.98. The van der Waals surface area contributed by atoms with E-state index in [1.165, 1.54) is 0 Å². The van der Waals surface area contributed by atoms with Crippen molar-refractivity contribution >= 4 is 29.1 Å². The molecular formula is C15H19ClN4O. The molecule has 1 aromatic carbocycles. The van der Waals surface area contributed by atoms with Gasteiger partial charge in [-0.05, 0) is 24.1 Å². The van der Waals surface area contributed by atoms with Gasteiger partial charge in [0.2, 0.25) is 5.95 Å². The molecule has 112 valence electrons. The number of ether oxygens (including phenoxy) is 1. The first kappa shape index (κ1) is 15.5. The summed E-state index contributed by atoms with van der Waals surface area (Å²) in [6.45, 7) is 3.48. The molecule has 0 radical (unpaired) electrons. The third-order valence-electron chi connectivity index (χ3n) is 2.78. The van der Waals surface area contributed by atoms with Gasteiger partial charge >= 0.3 is 0 Å². The van der Waals surface area contributed by atoms with Crippen LogP contribution in [0.1, 0.15) is 18.9 Å². The molecule has 0 amide bonds. The van der Waals surface area contributed by atoms with Crippen LogP contribution >= 0.6 is 11.6 Å². The number of rotatable bonds is 7. The minimum Gasteiger partial charge on any atom is -0.380 e. The molecule has 0 atom stereocenters. The summed E-state index contributed by atoms with van der Waals surface area (Å²) in [7, 11) is 1.67. The lowest BCUT2D eigenvalue weighted by Gasteiger charge is -2.10. The Balaban J connectivity index is 2.16. The SMILES string of the molecule is CCCNc1ncc(Cl)c(Nc2cccc(COC)c2)n1. The molecule has 1 aromatic heterocycles. The zero-order chi connectivity index (χ0) is 15.1. The molecule has 0 aliphatic rings. The van der Waals surface area contributed by atoms with Gasteiger partial charge in [-0.25, -0.2) is 4.98 Å². The predicted octanol–water partition coefficient (Wildman–Crippen LogP) is 3.84. The summed E-state index contributed by atoms with van der Waals surface area (Å²) in [4.78, 5) is 8.54. The van der Waals surface area contributed by atoms with E-state index in [2.05, 4.69) is 27.5 Å². The molecule has 0 fully saturated rings. The Bertz CT molecular complexity index is 592. The number of methoxy groups -OCH3 is 1. The number of nitrogens with one attached hydrogen (secondary N) is 2. The Hall–Kier alpha value is -1.85. The first-order chi connectivity index (χ1) is 10.2. The maximum Gasteiger partial charge on any atom is 0.224 e. The average molecular weight is 307 g/mol. The van der Waals surface area contributed by atoms with Gasteiger partial charge in [0.05, 0.1) is 12.8 Å². The third-order valence-corrected chi connectivity index (χ3v) is 3.05. The van der Waals surface area contributed by atoms with Crippen LogP contribution in [0.25, 0.3) is 0 Å². The van der Waals surface area contributed by atoms with Crippen molar-refractivity contribution in [2.45, 2.75) is 20.0 Å². The summed E-state index contributed by atoms with van der Waals surface area (Å²) in [5, 5.41) is 6.83. The van der Waals surface area contributed by atoms with Crippen LogP contribution in [0.5, 0.6) is 0 Å². The highest BCUT2D eigenvalue weighted by atomic mass is 35.5. The third kappa shape index (κ3) is 4.58. The molecule has 0 spiro atoms. The maximum absolute atomic E-state index is 6.14. The minimum absolute atomic E-state index is 0.481. The quantitative estimate of drug-likeness (QED) is 0.814. The molecule has 6 heteroatoms. The Morgan fingerprint density at radius 3 is 2.95 bits per heavy atom. The largest absolute Gasteiger partial charge is 0.380 e. The van der Waals surface area contributed by atoms with E-state index < -0.39 is 0 Å². The highest BCUT2D eigenvalue weighted by molar-refractivity contribution is 6.32. The van der Waals surface area contributed by atoms with E-state index in [0.717, 1.165) is 24.2 Å². The second kappa shape index (κ2) is 7.81. The van der Waals surface area contributed by atoms with Gasteiger partial charge in [0, 0.05) is 19.3 Å². The summed E-state index contributed by atoms with van der Waals surface area (Å²) in [6, 6.07) is 7.92. The lowest BCUT2D eigenvalue weighted by atomic mass is 10.2. The van der Waals surface area contributed by atoms with Crippen LogP contribution in [-0.4, -0.2) is 23.6 Å². The molecule has 2 N–H and O–H groups in total. The Kier molecular flexibility index (Phi) is 5.78. The maximum atomic E-state index is 6.14. The van der Waals surface area contributed by atoms with Gasteiger partial charge in [0.1, 0.15) is 5.02 Å². The first-order valence-corrected chi connectivity index (χ1v) is 7.22. The van der Waals surface area contributed by atoms with Crippen LogP contribution < -0.4 is 10.6 Å². The van der Waals surface area contributed by atoms with Gasteiger partial charge in [0.25, 0.3) is 0 Å². The van der Waals surface area contributed by atoms with Crippen LogP contribution in [-0.2, 0) is 11.3 Å². The van der Waals surface area contributed by atoms with Gasteiger partial charge in [0.15, 0.2) is 5.82 Å². The highest BCUT2D eigenvalue weighted by Gasteiger charge is 2.06. The molecule has 21 heavy (non-hydrogen) atoms. The number of anilines is 3. The van der Waals surface area contributed by atoms with E-state index in [4.69, 9.17) is 16.3 Å². The molecule has 2 aromatic rings. The van der Waals surface area contributed by atoms with Crippen molar-refractivity contribution in [3.63, 3.8) is 0 Å². The smallest absolute Gasteiger partial charge is 0.224 e. The van der Waals surface area contributed by atoms with E-state index in [9.17, 15) is 0 Å². The van der Waals surface area contributed by atoms with E-state index in [-0.39, 0.29) is 0 Å². The van der Waals surface area contributed by atoms with Gasteiger partial charge in [-0.1, -0.05) is 30.7 Å². The van der Waals surface area contributed by atoms with Gasteiger partial charge in [-0.15, -0.1) is 0 Å². The Morgan fingerprint density at radius 2 is 2.19 bits per heavy atom. The molecule has 0 saturated heterocycles. The van der Waals surface area contributed by atoms with Gasteiger partial charge in [-0.2, -0.15) is 4.98 Å². The number of hydrogen-bond acceptors (Lipinski definition) is 5. The lowest BCUT2D eigenvalue weighted by Crippen LogP contribution is -2.06. The molecule has 2 rings (SSSR count). The van der Waals surface area contributed by atoms with Crippen molar-refractivity contribution in [3.05, 3.63) is 41.0 Å². The number of aromatic nitrogens is 2. The van der Waals surface area contributed by atoms with Gasteiger partial charge in [-0.3, -0.25) is 0 Å². The second-order valence-electron chi connectivity index (χ2n) is 4.58. The van der Waals surface area contributed by atoms with E-state index in [1.807, 2.05) is 24.3 Å². The fourth-order valence-electron chi connectivity index (χ4n) is 1.82. The summed E-state index contributed by atoms with van der Waals surface area (Å²) in [5.41, 5.74) is 1.99. The fraction of sp³-hybridized carbons (Fsp3) is 0.333. The number of halogens is 1. The van der Waals surface area contributed by atoms with E-state index >= 15 is 0 Å². The summed E-state index contributed by atoms with van der Waals surface area (Å²) in [6.07, 6.45) is 2.60. The summed E-state index contributed by atoms with van der Waals surface area (Å²) in [5.74, 6) is 1.15. The number of nitrogens with zero attached hydrogens (tertiary/aromatic N) is 2. The lowest BCUT2D eigenvalue weighted by molar-refractivity contribution is 0.185. The first-order valence-electron chi connectivity index (χ1n) is 6.84. The highest BCUT2D eigenvalue weighted by Crippen LogP contribution is 2.24. The Morgan fingerprint density at radius 1 is 1.33 bits per heavy atom. The van der Waals surface area contributed by atoms with Crippen LogP contribution in [0.3, 0.4) is 0 Å². The predicted molar refractivity (Wildman–Crippen MR) is 86.3 cm³/mol. The molecule has 0 saturated carbocycles. The molecule has 0 unspecified atom stereocenters. The van der Waals surface area contributed by atoms with Crippen molar-refractivity contribution in [2.75, 3.05) is 24.3 Å². The topological polar surface area (TPSA) is 59.1 Å². The molecule has 1 heterocycles. The molecule has 5 nitrogen and oxygen atoms in total. The fourth-order valence-corrected chi connectivity index (χ4v) is 1.96. The number of benzene rings is 1. The minimum atomic E-state index is 0.481. The van der Waals surface area contributed by atoms with Crippen LogP contribution in [0.15, 0.2) is 30.5 Å². The van der Waals surface area contributed by atoms with E-state index in [1.54, 1.807) is 13.3 Å². The molecule has 0 aliphatic carbocycles. The monoisotopic (exact) mass is 306 g/mol. The molecular weight excluding hydrogens is 288 g/mol. The van der Waals surface area contributed by atoms with Crippen molar-refractivity contribution in [1.29, 1.82) is 0 Å². The van der Waals surface area contributed by atoms with Crippen molar-refractivity contribution in [3.8, 4) is 0 Å². The zero-order valence-electron chi connectivity index (χ0n) is 12.2. The van der Waals surface area contributed by atoms with Crippen molar-refractivity contribution in [2.24, 2.45) is 0 Å². The van der Waals surface area contributed by atoms with Crippen molar-refractivity contribution < 1.29 is 4.74 Å². The van der Waals surface area contributed by atoms with Gasteiger partial charge < -0.3 is 15.4 Å².